The third kappa shape index (κ3) is 3.11. The van der Waals surface area contributed by atoms with Crippen molar-refractivity contribution in [2.75, 3.05) is 0 Å². The second-order valence-corrected chi connectivity index (χ2v) is 6.39. The molecule has 3 N–H and O–H groups in total. The van der Waals surface area contributed by atoms with Gasteiger partial charge in [0.15, 0.2) is 0 Å². The van der Waals surface area contributed by atoms with Gasteiger partial charge in [0, 0.05) is 12.1 Å². The van der Waals surface area contributed by atoms with E-state index < -0.39 is 6.04 Å². The zero-order valence-electron chi connectivity index (χ0n) is 12.3. The molecule has 3 atom stereocenters. The molecule has 1 amide bonds. The third-order valence-corrected chi connectivity index (χ3v) is 4.87. The van der Waals surface area contributed by atoms with Crippen LogP contribution in [0.2, 0.25) is 0 Å². The molecule has 0 radical (unpaired) electrons. The van der Waals surface area contributed by atoms with E-state index in [-0.39, 0.29) is 24.1 Å². The Morgan fingerprint density at radius 1 is 1.24 bits per heavy atom. The van der Waals surface area contributed by atoms with E-state index in [1.54, 1.807) is 0 Å². The van der Waals surface area contributed by atoms with Crippen molar-refractivity contribution < 1.29 is 9.90 Å². The Bertz CT molecular complexity index is 477. The molecule has 2 aliphatic heterocycles. The van der Waals surface area contributed by atoms with Crippen molar-refractivity contribution >= 4 is 5.91 Å². The molecule has 2 bridgehead atoms. The second kappa shape index (κ2) is 6.16. The Hall–Kier alpha value is -1.39. The topological polar surface area (TPSA) is 66.6 Å². The number of aryl methyl sites for hydroxylation is 1. The van der Waals surface area contributed by atoms with Crippen LogP contribution < -0.4 is 5.73 Å². The zero-order valence-corrected chi connectivity index (χ0v) is 12.3. The van der Waals surface area contributed by atoms with Crippen LogP contribution in [0.3, 0.4) is 0 Å². The molecule has 1 aromatic carbocycles. The molecule has 0 aliphatic carbocycles. The van der Waals surface area contributed by atoms with Gasteiger partial charge in [-0.3, -0.25) is 4.79 Å². The number of carbonyl (C=O) groups excluding carboxylic acids is 1. The monoisotopic (exact) mass is 288 g/mol. The van der Waals surface area contributed by atoms with Crippen LogP contribution in [0.5, 0.6) is 0 Å². The molecule has 21 heavy (non-hydrogen) atoms. The lowest BCUT2D eigenvalue weighted by Crippen LogP contribution is -2.53. The van der Waals surface area contributed by atoms with Crippen molar-refractivity contribution in [2.24, 2.45) is 5.73 Å². The minimum absolute atomic E-state index is 0.0744. The minimum Gasteiger partial charge on any atom is -0.393 e. The molecule has 1 aromatic rings. The number of aliphatic hydroxyl groups is 1. The molecular weight excluding hydrogens is 264 g/mol. The van der Waals surface area contributed by atoms with Crippen molar-refractivity contribution in [3.63, 3.8) is 0 Å². The smallest absolute Gasteiger partial charge is 0.239 e. The molecule has 2 saturated heterocycles. The van der Waals surface area contributed by atoms with Crippen molar-refractivity contribution in [3.05, 3.63) is 35.9 Å². The highest BCUT2D eigenvalue weighted by Gasteiger charge is 2.43. The van der Waals surface area contributed by atoms with Crippen molar-refractivity contribution in [2.45, 2.75) is 62.8 Å². The van der Waals surface area contributed by atoms with Gasteiger partial charge in [-0.2, -0.15) is 0 Å². The first-order chi connectivity index (χ1) is 10.1. The normalized spacial score (nSPS) is 29.4. The van der Waals surface area contributed by atoms with E-state index in [0.29, 0.717) is 19.3 Å². The van der Waals surface area contributed by atoms with Gasteiger partial charge in [0.05, 0.1) is 12.1 Å². The molecule has 0 saturated carbocycles. The highest BCUT2D eigenvalue weighted by molar-refractivity contribution is 5.82. The third-order valence-electron chi connectivity index (χ3n) is 4.87. The van der Waals surface area contributed by atoms with Crippen molar-refractivity contribution in [1.82, 2.24) is 4.90 Å². The van der Waals surface area contributed by atoms with Gasteiger partial charge in [-0.05, 0) is 44.1 Å². The first-order valence-electron chi connectivity index (χ1n) is 7.95. The lowest BCUT2D eigenvalue weighted by Gasteiger charge is -2.38. The van der Waals surface area contributed by atoms with Crippen LogP contribution >= 0.6 is 0 Å². The van der Waals surface area contributed by atoms with Gasteiger partial charge in [-0.1, -0.05) is 30.3 Å². The Morgan fingerprint density at radius 2 is 1.86 bits per heavy atom. The number of nitrogens with two attached hydrogens (primary N) is 1. The molecule has 2 unspecified atom stereocenters. The Morgan fingerprint density at radius 3 is 2.48 bits per heavy atom. The summed E-state index contributed by atoms with van der Waals surface area (Å²) in [5, 5.41) is 9.81. The summed E-state index contributed by atoms with van der Waals surface area (Å²) in [4.78, 5) is 14.6. The average Bonchev–Trinajstić information content (AvgIpc) is 2.77. The van der Waals surface area contributed by atoms with Gasteiger partial charge in [-0.15, -0.1) is 0 Å². The van der Waals surface area contributed by atoms with E-state index >= 15 is 0 Å². The molecule has 4 heteroatoms. The number of nitrogens with zero attached hydrogens (tertiary/aromatic N) is 1. The predicted molar refractivity (Wildman–Crippen MR) is 81.6 cm³/mol. The highest BCUT2D eigenvalue weighted by atomic mass is 16.3. The maximum atomic E-state index is 12.6. The molecule has 2 fully saturated rings. The fourth-order valence-electron chi connectivity index (χ4n) is 3.79. The van der Waals surface area contributed by atoms with Crippen molar-refractivity contribution in [3.8, 4) is 0 Å². The van der Waals surface area contributed by atoms with Gasteiger partial charge in [0.2, 0.25) is 5.91 Å². The maximum absolute atomic E-state index is 12.6. The van der Waals surface area contributed by atoms with E-state index in [1.807, 2.05) is 23.1 Å². The fraction of sp³-hybridized carbons (Fsp3) is 0.588. The van der Waals surface area contributed by atoms with E-state index in [9.17, 15) is 9.90 Å². The molecule has 114 valence electrons. The van der Waals surface area contributed by atoms with Gasteiger partial charge >= 0.3 is 0 Å². The number of rotatable bonds is 4. The fourth-order valence-corrected chi connectivity index (χ4v) is 3.79. The summed E-state index contributed by atoms with van der Waals surface area (Å²) in [6.07, 6.45) is 4.73. The number of amides is 1. The molecule has 2 aliphatic rings. The Balaban J connectivity index is 1.58. The number of piperidine rings is 1. The largest absolute Gasteiger partial charge is 0.393 e. The first kappa shape index (κ1) is 14.5. The molecule has 0 spiro atoms. The highest BCUT2D eigenvalue weighted by Crippen LogP contribution is 2.36. The molecule has 2 heterocycles. The van der Waals surface area contributed by atoms with E-state index in [2.05, 4.69) is 12.1 Å². The molecular formula is C17H24N2O2. The van der Waals surface area contributed by atoms with E-state index in [4.69, 9.17) is 5.73 Å². The molecule has 0 aromatic heterocycles. The van der Waals surface area contributed by atoms with Crippen LogP contribution in [0.1, 0.15) is 37.7 Å². The quantitative estimate of drug-likeness (QED) is 0.881. The van der Waals surface area contributed by atoms with Crippen molar-refractivity contribution in [1.29, 1.82) is 0 Å². The lowest BCUT2D eigenvalue weighted by molar-refractivity contribution is -0.139. The second-order valence-electron chi connectivity index (χ2n) is 6.39. The Kier molecular flexibility index (Phi) is 4.27. The summed E-state index contributed by atoms with van der Waals surface area (Å²) in [7, 11) is 0. The number of carbonyl (C=O) groups is 1. The van der Waals surface area contributed by atoms with Gasteiger partial charge in [0.1, 0.15) is 0 Å². The minimum atomic E-state index is -0.427. The van der Waals surface area contributed by atoms with Crippen LogP contribution in [0.25, 0.3) is 0 Å². The summed E-state index contributed by atoms with van der Waals surface area (Å²) in [6, 6.07) is 10.1. The van der Waals surface area contributed by atoms with Gasteiger partial charge in [0.25, 0.3) is 0 Å². The Labute approximate surface area is 125 Å². The first-order valence-corrected chi connectivity index (χ1v) is 7.95. The summed E-state index contributed by atoms with van der Waals surface area (Å²) in [6.45, 7) is 0. The standard InChI is InChI=1S/C17H24N2O2/c18-16(9-6-12-4-2-1-3-5-12)17(21)19-13-7-8-14(19)11-15(20)10-13/h1-5,13-16,20H,6-11,18H2/t13?,14?,15?,16-/m0/s1. The van der Waals surface area contributed by atoms with Crippen LogP contribution in [-0.4, -0.2) is 40.1 Å². The number of benzene rings is 1. The van der Waals surface area contributed by atoms with Crippen LogP contribution in [0.4, 0.5) is 0 Å². The SMILES string of the molecule is N[C@@H](CCc1ccccc1)C(=O)N1C2CCC1CC(O)C2. The zero-order chi connectivity index (χ0) is 14.8. The number of fused-ring (bicyclic) bond motifs is 2. The van der Waals surface area contributed by atoms with E-state index in [0.717, 1.165) is 19.3 Å². The van der Waals surface area contributed by atoms with Crippen LogP contribution in [0.15, 0.2) is 30.3 Å². The van der Waals surface area contributed by atoms with Gasteiger partial charge < -0.3 is 15.7 Å². The summed E-state index contributed by atoms with van der Waals surface area (Å²) in [5.74, 6) is 0.0744. The summed E-state index contributed by atoms with van der Waals surface area (Å²) in [5.41, 5.74) is 7.35. The number of hydrogen-bond acceptors (Lipinski definition) is 3. The summed E-state index contributed by atoms with van der Waals surface area (Å²) < 4.78 is 0. The number of aliphatic hydroxyl groups excluding tert-OH is 1. The maximum Gasteiger partial charge on any atom is 0.239 e. The molecule has 4 nitrogen and oxygen atoms in total. The number of hydrogen-bond donors (Lipinski definition) is 2. The molecule has 3 rings (SSSR count). The average molecular weight is 288 g/mol. The van der Waals surface area contributed by atoms with E-state index in [1.165, 1.54) is 5.56 Å². The van der Waals surface area contributed by atoms with Crippen LogP contribution in [-0.2, 0) is 11.2 Å². The van der Waals surface area contributed by atoms with Gasteiger partial charge in [-0.25, -0.2) is 0 Å². The lowest BCUT2D eigenvalue weighted by atomic mass is 9.97. The summed E-state index contributed by atoms with van der Waals surface area (Å²) >= 11 is 0. The predicted octanol–water partition coefficient (Wildman–Crippen LogP) is 1.46. The van der Waals surface area contributed by atoms with Crippen LogP contribution in [0, 0.1) is 0 Å².